The minimum absolute atomic E-state index is 0.169. The van der Waals surface area contributed by atoms with Gasteiger partial charge in [0.1, 0.15) is 0 Å². The average molecular weight is 388 g/mol. The molecule has 7 heteroatoms. The summed E-state index contributed by atoms with van der Waals surface area (Å²) in [5, 5.41) is 4.33. The predicted octanol–water partition coefficient (Wildman–Crippen LogP) is 3.72. The first-order valence-corrected chi connectivity index (χ1v) is 8.60. The number of nitrogens with zero attached hydrogens (tertiary/aromatic N) is 1. The number of aryl methyl sites for hydroxylation is 1. The molecule has 2 rings (SSSR count). The SMILES string of the molecule is Cc1ccc(S(=O)(=O)NN=Cc2ccc(Cl)c(Br)c2)cc1. The van der Waals surface area contributed by atoms with E-state index in [9.17, 15) is 8.42 Å². The fourth-order valence-electron chi connectivity index (χ4n) is 1.53. The van der Waals surface area contributed by atoms with Gasteiger partial charge in [0.15, 0.2) is 0 Å². The van der Waals surface area contributed by atoms with Crippen molar-refractivity contribution in [3.8, 4) is 0 Å². The van der Waals surface area contributed by atoms with Gasteiger partial charge in [0.25, 0.3) is 10.0 Å². The van der Waals surface area contributed by atoms with Crippen molar-refractivity contribution in [2.75, 3.05) is 0 Å². The van der Waals surface area contributed by atoms with E-state index in [-0.39, 0.29) is 4.90 Å². The standard InChI is InChI=1S/C14H12BrClN2O2S/c1-10-2-5-12(6-3-10)21(19,20)18-17-9-11-4-7-14(16)13(15)8-11/h2-9,18H,1H3. The molecule has 0 radical (unpaired) electrons. The Morgan fingerprint density at radius 2 is 1.86 bits per heavy atom. The van der Waals surface area contributed by atoms with Crippen LogP contribution in [0, 0.1) is 6.92 Å². The van der Waals surface area contributed by atoms with Crippen LogP contribution in [0.15, 0.2) is 56.9 Å². The summed E-state index contributed by atoms with van der Waals surface area (Å²) in [5.41, 5.74) is 1.71. The lowest BCUT2D eigenvalue weighted by Crippen LogP contribution is -2.18. The summed E-state index contributed by atoms with van der Waals surface area (Å²) in [6.07, 6.45) is 1.41. The number of hydrogen-bond acceptors (Lipinski definition) is 3. The van der Waals surface area contributed by atoms with E-state index in [2.05, 4.69) is 25.9 Å². The summed E-state index contributed by atoms with van der Waals surface area (Å²) in [4.78, 5) is 2.34. The molecule has 0 amide bonds. The maximum Gasteiger partial charge on any atom is 0.276 e. The second-order valence-electron chi connectivity index (χ2n) is 4.34. The molecule has 0 heterocycles. The molecular weight excluding hydrogens is 376 g/mol. The lowest BCUT2D eigenvalue weighted by Gasteiger charge is -2.03. The summed E-state index contributed by atoms with van der Waals surface area (Å²) < 4.78 is 24.7. The number of benzene rings is 2. The van der Waals surface area contributed by atoms with Gasteiger partial charge < -0.3 is 0 Å². The van der Waals surface area contributed by atoms with Crippen molar-refractivity contribution in [3.63, 3.8) is 0 Å². The molecule has 0 aliphatic heterocycles. The van der Waals surface area contributed by atoms with Gasteiger partial charge in [-0.25, -0.2) is 4.83 Å². The van der Waals surface area contributed by atoms with E-state index in [4.69, 9.17) is 11.6 Å². The molecule has 0 unspecified atom stereocenters. The van der Waals surface area contributed by atoms with E-state index in [0.717, 1.165) is 15.6 Å². The summed E-state index contributed by atoms with van der Waals surface area (Å²) in [7, 11) is -3.65. The summed E-state index contributed by atoms with van der Waals surface area (Å²) in [5.74, 6) is 0. The molecule has 0 bridgehead atoms. The van der Waals surface area contributed by atoms with Gasteiger partial charge in [-0.15, -0.1) is 0 Å². The summed E-state index contributed by atoms with van der Waals surface area (Å²) in [6, 6.07) is 11.7. The second kappa shape index (κ2) is 6.60. The Bertz CT molecular complexity index is 774. The van der Waals surface area contributed by atoms with Crippen LogP contribution in [0.2, 0.25) is 5.02 Å². The Morgan fingerprint density at radius 3 is 2.48 bits per heavy atom. The number of hydrogen-bond donors (Lipinski definition) is 1. The predicted molar refractivity (Wildman–Crippen MR) is 88.2 cm³/mol. The van der Waals surface area contributed by atoms with Crippen molar-refractivity contribution in [2.45, 2.75) is 11.8 Å². The summed E-state index contributed by atoms with van der Waals surface area (Å²) >= 11 is 9.17. The molecule has 0 atom stereocenters. The molecule has 0 fully saturated rings. The molecule has 0 saturated heterocycles. The van der Waals surface area contributed by atoms with Crippen LogP contribution < -0.4 is 4.83 Å². The van der Waals surface area contributed by atoms with Crippen LogP contribution in [0.1, 0.15) is 11.1 Å². The molecule has 4 nitrogen and oxygen atoms in total. The van der Waals surface area contributed by atoms with Gasteiger partial charge in [-0.05, 0) is 52.7 Å². The van der Waals surface area contributed by atoms with E-state index in [0.29, 0.717) is 5.02 Å². The largest absolute Gasteiger partial charge is 0.276 e. The molecule has 0 spiro atoms. The molecule has 0 aliphatic carbocycles. The molecule has 1 N–H and O–H groups in total. The Morgan fingerprint density at radius 1 is 1.19 bits per heavy atom. The molecular formula is C14H12BrClN2O2S. The Labute approximate surface area is 137 Å². The number of sulfonamides is 1. The number of rotatable bonds is 4. The van der Waals surface area contributed by atoms with Crippen molar-refractivity contribution < 1.29 is 8.42 Å². The van der Waals surface area contributed by atoms with Crippen LogP contribution in [0.25, 0.3) is 0 Å². The van der Waals surface area contributed by atoms with Crippen LogP contribution in [0.3, 0.4) is 0 Å². The minimum Gasteiger partial charge on any atom is -0.200 e. The monoisotopic (exact) mass is 386 g/mol. The van der Waals surface area contributed by atoms with E-state index in [1.54, 1.807) is 30.3 Å². The van der Waals surface area contributed by atoms with Crippen LogP contribution in [0.5, 0.6) is 0 Å². The van der Waals surface area contributed by atoms with E-state index < -0.39 is 10.0 Å². The van der Waals surface area contributed by atoms with E-state index in [1.165, 1.54) is 18.3 Å². The van der Waals surface area contributed by atoms with Crippen molar-refractivity contribution in [2.24, 2.45) is 5.10 Å². The first-order valence-electron chi connectivity index (χ1n) is 5.95. The van der Waals surface area contributed by atoms with Crippen LogP contribution in [-0.4, -0.2) is 14.6 Å². The fourth-order valence-corrected chi connectivity index (χ4v) is 2.84. The smallest absolute Gasteiger partial charge is 0.200 e. The quantitative estimate of drug-likeness (QED) is 0.642. The molecule has 0 saturated carbocycles. The molecule has 2 aromatic rings. The lowest BCUT2D eigenvalue weighted by atomic mass is 10.2. The van der Waals surface area contributed by atoms with Gasteiger partial charge in [0.2, 0.25) is 0 Å². The lowest BCUT2D eigenvalue weighted by molar-refractivity contribution is 0.584. The van der Waals surface area contributed by atoms with Gasteiger partial charge in [0.05, 0.1) is 16.1 Å². The zero-order valence-electron chi connectivity index (χ0n) is 11.0. The third-order valence-electron chi connectivity index (χ3n) is 2.66. The van der Waals surface area contributed by atoms with Crippen molar-refractivity contribution in [3.05, 3.63) is 63.1 Å². The third-order valence-corrected chi connectivity index (χ3v) is 5.11. The fraction of sp³-hybridized carbons (Fsp3) is 0.0714. The third kappa shape index (κ3) is 4.30. The minimum atomic E-state index is -3.65. The molecule has 2 aromatic carbocycles. The Hall–Kier alpha value is -1.37. The first kappa shape index (κ1) is 16.0. The van der Waals surface area contributed by atoms with E-state index in [1.807, 2.05) is 6.92 Å². The van der Waals surface area contributed by atoms with E-state index >= 15 is 0 Å². The molecule has 110 valence electrons. The zero-order valence-corrected chi connectivity index (χ0v) is 14.2. The van der Waals surface area contributed by atoms with Crippen molar-refractivity contribution >= 4 is 43.8 Å². The molecule has 0 aliphatic rings. The van der Waals surface area contributed by atoms with Crippen LogP contribution in [0.4, 0.5) is 0 Å². The highest BCUT2D eigenvalue weighted by Gasteiger charge is 2.11. The topological polar surface area (TPSA) is 58.5 Å². The molecule has 0 aromatic heterocycles. The van der Waals surface area contributed by atoms with Crippen LogP contribution >= 0.6 is 27.5 Å². The van der Waals surface area contributed by atoms with Gasteiger partial charge in [-0.1, -0.05) is 35.4 Å². The van der Waals surface area contributed by atoms with Crippen molar-refractivity contribution in [1.82, 2.24) is 4.83 Å². The highest BCUT2D eigenvalue weighted by atomic mass is 79.9. The molecule has 21 heavy (non-hydrogen) atoms. The van der Waals surface area contributed by atoms with Crippen LogP contribution in [-0.2, 0) is 10.0 Å². The maximum absolute atomic E-state index is 12.0. The first-order chi connectivity index (χ1) is 9.88. The second-order valence-corrected chi connectivity index (χ2v) is 7.26. The number of nitrogens with one attached hydrogen (secondary N) is 1. The highest BCUT2D eigenvalue weighted by Crippen LogP contribution is 2.22. The maximum atomic E-state index is 12.0. The van der Waals surface area contributed by atoms with Gasteiger partial charge >= 0.3 is 0 Å². The van der Waals surface area contributed by atoms with Crippen molar-refractivity contribution in [1.29, 1.82) is 0 Å². The Kier molecular flexibility index (Phi) is 5.03. The normalized spacial score (nSPS) is 11.8. The number of halogens is 2. The zero-order chi connectivity index (χ0) is 15.5. The van der Waals surface area contributed by atoms with Gasteiger partial charge in [-0.3, -0.25) is 0 Å². The number of hydrazone groups is 1. The average Bonchev–Trinajstić information content (AvgIpc) is 2.43. The van der Waals surface area contributed by atoms with Gasteiger partial charge in [0, 0.05) is 4.47 Å². The Balaban J connectivity index is 2.12. The van der Waals surface area contributed by atoms with Gasteiger partial charge in [-0.2, -0.15) is 13.5 Å². The summed E-state index contributed by atoms with van der Waals surface area (Å²) in [6.45, 7) is 1.89. The highest BCUT2D eigenvalue weighted by molar-refractivity contribution is 9.10.